The van der Waals surface area contributed by atoms with Crippen LogP contribution >= 0.6 is 0 Å². The first-order valence-electron chi connectivity index (χ1n) is 7.60. The maximum absolute atomic E-state index is 13.5. The largest absolute Gasteiger partial charge is 0.493 e. The first kappa shape index (κ1) is 17.7. The van der Waals surface area contributed by atoms with Crippen LogP contribution in [0.3, 0.4) is 0 Å². The lowest BCUT2D eigenvalue weighted by atomic mass is 10.2. The lowest BCUT2D eigenvalue weighted by Crippen LogP contribution is -2.21. The average molecular weight is 332 g/mol. The molecule has 0 aliphatic carbocycles. The Labute approximate surface area is 140 Å². The minimum absolute atomic E-state index is 0.136. The number of rotatable bonds is 8. The molecule has 0 unspecified atom stereocenters. The standard InChI is InChI=1S/C18H21FN2O3/c1-23-16-8-7-14(11-17(16)24-2)21-18(22)9-10-20-12-13-5-3-4-6-15(13)19/h3-8,11,20H,9-10,12H2,1-2H3,(H,21,22). The minimum atomic E-state index is -0.250. The fourth-order valence-corrected chi connectivity index (χ4v) is 2.20. The summed E-state index contributed by atoms with van der Waals surface area (Å²) in [7, 11) is 3.09. The van der Waals surface area contributed by atoms with Crippen molar-refractivity contribution in [1.82, 2.24) is 5.32 Å². The summed E-state index contributed by atoms with van der Waals surface area (Å²) in [4.78, 5) is 11.9. The number of amides is 1. The smallest absolute Gasteiger partial charge is 0.225 e. The highest BCUT2D eigenvalue weighted by molar-refractivity contribution is 5.91. The number of hydrogen-bond acceptors (Lipinski definition) is 4. The monoisotopic (exact) mass is 332 g/mol. The zero-order chi connectivity index (χ0) is 17.4. The maximum Gasteiger partial charge on any atom is 0.225 e. The van der Waals surface area contributed by atoms with Gasteiger partial charge in [0.05, 0.1) is 14.2 Å². The van der Waals surface area contributed by atoms with Crippen LogP contribution in [0.2, 0.25) is 0 Å². The van der Waals surface area contributed by atoms with Crippen LogP contribution in [0.4, 0.5) is 10.1 Å². The lowest BCUT2D eigenvalue weighted by molar-refractivity contribution is -0.116. The molecule has 6 heteroatoms. The van der Waals surface area contributed by atoms with Crippen molar-refractivity contribution in [3.63, 3.8) is 0 Å². The Hall–Kier alpha value is -2.60. The maximum atomic E-state index is 13.5. The fourth-order valence-electron chi connectivity index (χ4n) is 2.20. The highest BCUT2D eigenvalue weighted by atomic mass is 19.1. The molecule has 0 aromatic heterocycles. The van der Waals surface area contributed by atoms with E-state index in [1.807, 2.05) is 0 Å². The molecule has 0 saturated carbocycles. The van der Waals surface area contributed by atoms with Crippen LogP contribution in [-0.4, -0.2) is 26.7 Å². The van der Waals surface area contributed by atoms with Crippen LogP contribution < -0.4 is 20.1 Å². The summed E-state index contributed by atoms with van der Waals surface area (Å²) in [6, 6.07) is 11.7. The molecule has 1 amide bonds. The Morgan fingerprint density at radius 1 is 1.08 bits per heavy atom. The van der Waals surface area contributed by atoms with E-state index in [0.717, 1.165) is 0 Å². The van der Waals surface area contributed by atoms with E-state index < -0.39 is 0 Å². The molecule has 0 spiro atoms. The van der Waals surface area contributed by atoms with E-state index >= 15 is 0 Å². The van der Waals surface area contributed by atoms with Gasteiger partial charge in [-0.3, -0.25) is 4.79 Å². The molecule has 2 rings (SSSR count). The molecule has 0 heterocycles. The minimum Gasteiger partial charge on any atom is -0.493 e. The normalized spacial score (nSPS) is 10.3. The van der Waals surface area contributed by atoms with Crippen LogP contribution in [0.1, 0.15) is 12.0 Å². The number of nitrogens with one attached hydrogen (secondary N) is 2. The highest BCUT2D eigenvalue weighted by Crippen LogP contribution is 2.29. The predicted molar refractivity (Wildman–Crippen MR) is 90.9 cm³/mol. The molecule has 2 aromatic carbocycles. The van der Waals surface area contributed by atoms with Gasteiger partial charge in [0.1, 0.15) is 5.82 Å². The zero-order valence-corrected chi connectivity index (χ0v) is 13.8. The molecule has 0 bridgehead atoms. The summed E-state index contributed by atoms with van der Waals surface area (Å²) < 4.78 is 23.8. The van der Waals surface area contributed by atoms with E-state index in [0.29, 0.717) is 35.8 Å². The van der Waals surface area contributed by atoms with E-state index in [1.54, 1.807) is 43.5 Å². The Morgan fingerprint density at radius 2 is 1.83 bits per heavy atom. The van der Waals surface area contributed by atoms with E-state index in [2.05, 4.69) is 10.6 Å². The first-order valence-corrected chi connectivity index (χ1v) is 7.60. The number of carbonyl (C=O) groups is 1. The van der Waals surface area contributed by atoms with Crippen molar-refractivity contribution >= 4 is 11.6 Å². The second kappa shape index (κ2) is 8.88. The topological polar surface area (TPSA) is 59.6 Å². The van der Waals surface area contributed by atoms with Crippen molar-refractivity contribution in [1.29, 1.82) is 0 Å². The van der Waals surface area contributed by atoms with Gasteiger partial charge in [0.2, 0.25) is 5.91 Å². The number of halogens is 1. The molecule has 0 aliphatic rings. The van der Waals surface area contributed by atoms with E-state index in [1.165, 1.54) is 13.2 Å². The van der Waals surface area contributed by atoms with Crippen LogP contribution in [0.5, 0.6) is 11.5 Å². The van der Waals surface area contributed by atoms with Gasteiger partial charge in [-0.25, -0.2) is 4.39 Å². The van der Waals surface area contributed by atoms with Crippen molar-refractivity contribution in [2.45, 2.75) is 13.0 Å². The summed E-state index contributed by atoms with van der Waals surface area (Å²) in [6.07, 6.45) is 0.281. The van der Waals surface area contributed by atoms with Gasteiger partial charge in [0.15, 0.2) is 11.5 Å². The Kier molecular flexibility index (Phi) is 6.57. The summed E-state index contributed by atoms with van der Waals surface area (Å²) in [5.41, 5.74) is 1.21. The Morgan fingerprint density at radius 3 is 2.54 bits per heavy atom. The number of carbonyl (C=O) groups excluding carboxylic acids is 1. The quantitative estimate of drug-likeness (QED) is 0.730. The van der Waals surface area contributed by atoms with Gasteiger partial charge < -0.3 is 20.1 Å². The van der Waals surface area contributed by atoms with Crippen molar-refractivity contribution in [3.05, 3.63) is 53.8 Å². The molecule has 0 saturated heterocycles. The molecule has 24 heavy (non-hydrogen) atoms. The fraction of sp³-hybridized carbons (Fsp3) is 0.278. The Bertz CT molecular complexity index is 692. The number of methoxy groups -OCH3 is 2. The number of benzene rings is 2. The third-order valence-electron chi connectivity index (χ3n) is 3.47. The van der Waals surface area contributed by atoms with Crippen LogP contribution in [0.25, 0.3) is 0 Å². The van der Waals surface area contributed by atoms with Gasteiger partial charge in [0, 0.05) is 36.8 Å². The van der Waals surface area contributed by atoms with Gasteiger partial charge >= 0.3 is 0 Å². The van der Waals surface area contributed by atoms with Crippen LogP contribution in [0.15, 0.2) is 42.5 Å². The van der Waals surface area contributed by atoms with Crippen molar-refractivity contribution in [2.75, 3.05) is 26.1 Å². The van der Waals surface area contributed by atoms with Crippen molar-refractivity contribution < 1.29 is 18.7 Å². The average Bonchev–Trinajstić information content (AvgIpc) is 2.60. The van der Waals surface area contributed by atoms with Gasteiger partial charge in [0.25, 0.3) is 0 Å². The molecule has 0 aliphatic heterocycles. The molecule has 0 atom stereocenters. The Balaban J connectivity index is 1.78. The third kappa shape index (κ3) is 4.96. The lowest BCUT2D eigenvalue weighted by Gasteiger charge is -2.11. The molecule has 2 N–H and O–H groups in total. The van der Waals surface area contributed by atoms with Crippen molar-refractivity contribution in [3.8, 4) is 11.5 Å². The molecule has 2 aromatic rings. The van der Waals surface area contributed by atoms with Crippen LogP contribution in [-0.2, 0) is 11.3 Å². The molecule has 0 fully saturated rings. The first-order chi connectivity index (χ1) is 11.6. The second-order valence-corrected chi connectivity index (χ2v) is 5.14. The van der Waals surface area contributed by atoms with Gasteiger partial charge in [-0.15, -0.1) is 0 Å². The molecule has 128 valence electrons. The molecule has 0 radical (unpaired) electrons. The number of hydrogen-bond donors (Lipinski definition) is 2. The predicted octanol–water partition coefficient (Wildman–Crippen LogP) is 2.96. The molecular formula is C18H21FN2O3. The summed E-state index contributed by atoms with van der Waals surface area (Å²) >= 11 is 0. The summed E-state index contributed by atoms with van der Waals surface area (Å²) in [5.74, 6) is 0.762. The number of ether oxygens (including phenoxy) is 2. The van der Waals surface area contributed by atoms with Crippen molar-refractivity contribution in [2.24, 2.45) is 0 Å². The SMILES string of the molecule is COc1ccc(NC(=O)CCNCc2ccccc2F)cc1OC. The van der Waals surface area contributed by atoms with Gasteiger partial charge in [-0.1, -0.05) is 18.2 Å². The molecular weight excluding hydrogens is 311 g/mol. The zero-order valence-electron chi connectivity index (χ0n) is 13.8. The number of anilines is 1. The second-order valence-electron chi connectivity index (χ2n) is 5.14. The highest BCUT2D eigenvalue weighted by Gasteiger charge is 2.07. The van der Waals surface area contributed by atoms with Gasteiger partial charge in [-0.05, 0) is 18.2 Å². The van der Waals surface area contributed by atoms with Crippen LogP contribution in [0, 0.1) is 5.82 Å². The van der Waals surface area contributed by atoms with E-state index in [-0.39, 0.29) is 18.1 Å². The van der Waals surface area contributed by atoms with E-state index in [9.17, 15) is 9.18 Å². The third-order valence-corrected chi connectivity index (χ3v) is 3.47. The summed E-state index contributed by atoms with van der Waals surface area (Å²) in [5, 5.41) is 5.84. The molecule has 5 nitrogen and oxygen atoms in total. The summed E-state index contributed by atoms with van der Waals surface area (Å²) in [6.45, 7) is 0.837. The van der Waals surface area contributed by atoms with Gasteiger partial charge in [-0.2, -0.15) is 0 Å². The van der Waals surface area contributed by atoms with E-state index in [4.69, 9.17) is 9.47 Å².